The van der Waals surface area contributed by atoms with Crippen molar-refractivity contribution in [2.45, 2.75) is 24.4 Å². The van der Waals surface area contributed by atoms with Crippen molar-refractivity contribution < 1.29 is 24.5 Å². The van der Waals surface area contributed by atoms with Gasteiger partial charge in [-0.1, -0.05) is 46.3 Å². The molecule has 0 aliphatic carbocycles. The van der Waals surface area contributed by atoms with Crippen LogP contribution in [0.25, 0.3) is 6.08 Å². The van der Waals surface area contributed by atoms with Crippen molar-refractivity contribution in [3.05, 3.63) is 40.4 Å². The monoisotopic (exact) mass is 342 g/mol. The second-order valence-electron chi connectivity index (χ2n) is 4.42. The molecule has 1 aromatic rings. The Balaban J connectivity index is 2.08. The number of hydrogen-bond donors (Lipinski definition) is 2. The molecule has 0 radical (unpaired) electrons. The first kappa shape index (κ1) is 15.2. The smallest absolute Gasteiger partial charge is 0.338 e. The Bertz CT molecular complexity index is 516. The minimum atomic E-state index is -1.19. The van der Waals surface area contributed by atoms with Gasteiger partial charge in [-0.2, -0.15) is 0 Å². The number of cyclic esters (lactones) is 1. The van der Waals surface area contributed by atoms with Gasteiger partial charge in [0.15, 0.2) is 12.2 Å². The topological polar surface area (TPSA) is 76.0 Å². The lowest BCUT2D eigenvalue weighted by atomic mass is 10.0. The number of aliphatic hydroxyl groups excluding tert-OH is 2. The predicted molar refractivity (Wildman–Crippen MR) is 75.9 cm³/mol. The highest BCUT2D eigenvalue weighted by molar-refractivity contribution is 9.10. The van der Waals surface area contributed by atoms with E-state index in [4.69, 9.17) is 9.47 Å². The van der Waals surface area contributed by atoms with Gasteiger partial charge in [0, 0.05) is 11.6 Å². The number of methoxy groups -OCH3 is 1. The molecule has 0 aromatic heterocycles. The van der Waals surface area contributed by atoms with Gasteiger partial charge in [0.2, 0.25) is 0 Å². The van der Waals surface area contributed by atoms with Crippen LogP contribution in [0, 0.1) is 0 Å². The van der Waals surface area contributed by atoms with Crippen molar-refractivity contribution in [1.82, 2.24) is 0 Å². The summed E-state index contributed by atoms with van der Waals surface area (Å²) in [7, 11) is 1.31. The zero-order chi connectivity index (χ0) is 14.7. The van der Waals surface area contributed by atoms with E-state index in [-0.39, 0.29) is 0 Å². The summed E-state index contributed by atoms with van der Waals surface area (Å²) in [5.41, 5.74) is 0.869. The molecule has 1 aliphatic rings. The zero-order valence-electron chi connectivity index (χ0n) is 10.8. The Kier molecular flexibility index (Phi) is 4.93. The fraction of sp³-hybridized carbons (Fsp3) is 0.357. The van der Waals surface area contributed by atoms with Gasteiger partial charge in [0.25, 0.3) is 0 Å². The van der Waals surface area contributed by atoms with Crippen molar-refractivity contribution >= 4 is 28.0 Å². The molecule has 2 unspecified atom stereocenters. The number of hydrogen-bond acceptors (Lipinski definition) is 5. The molecule has 1 aliphatic heterocycles. The molecule has 0 saturated carbocycles. The van der Waals surface area contributed by atoms with Crippen molar-refractivity contribution in [2.75, 3.05) is 7.11 Å². The summed E-state index contributed by atoms with van der Waals surface area (Å²) in [6.07, 6.45) is -1.21. The molecule has 2 rings (SSSR count). The fourth-order valence-corrected chi connectivity index (χ4v) is 2.43. The molecular weight excluding hydrogens is 328 g/mol. The standard InChI is InChI=1S/C14H15BrO5/c1-19-13-11(17)12(20-14(13)18)10(16)7-6-8-4-2-3-5-9(8)15/h2-7,10-13,16-17H,1H3/t10-,11?,12?,13-/m1/s1. The number of esters is 1. The van der Waals surface area contributed by atoms with Gasteiger partial charge in [-0.15, -0.1) is 0 Å². The summed E-state index contributed by atoms with van der Waals surface area (Å²) in [6.45, 7) is 0. The van der Waals surface area contributed by atoms with Gasteiger partial charge < -0.3 is 19.7 Å². The summed E-state index contributed by atoms with van der Waals surface area (Å²) in [6, 6.07) is 7.48. The van der Waals surface area contributed by atoms with Gasteiger partial charge in [-0.25, -0.2) is 4.79 Å². The summed E-state index contributed by atoms with van der Waals surface area (Å²) in [5, 5.41) is 19.9. The van der Waals surface area contributed by atoms with Crippen molar-refractivity contribution in [1.29, 1.82) is 0 Å². The second kappa shape index (κ2) is 6.49. The molecule has 0 amide bonds. The van der Waals surface area contributed by atoms with E-state index in [1.165, 1.54) is 13.2 Å². The Morgan fingerprint density at radius 1 is 1.45 bits per heavy atom. The highest BCUT2D eigenvalue weighted by Gasteiger charge is 2.46. The molecule has 1 aromatic carbocycles. The quantitative estimate of drug-likeness (QED) is 0.802. The number of carbonyl (C=O) groups is 1. The van der Waals surface area contributed by atoms with Gasteiger partial charge in [0.1, 0.15) is 12.2 Å². The normalized spacial score (nSPS) is 27.8. The van der Waals surface area contributed by atoms with Gasteiger partial charge >= 0.3 is 5.97 Å². The maximum absolute atomic E-state index is 11.4. The first-order valence-corrected chi connectivity index (χ1v) is 6.86. The van der Waals surface area contributed by atoms with E-state index in [1.54, 1.807) is 6.08 Å². The summed E-state index contributed by atoms with van der Waals surface area (Å²) in [4.78, 5) is 11.4. The molecule has 2 N–H and O–H groups in total. The molecule has 1 fully saturated rings. The molecule has 0 spiro atoms. The summed E-state index contributed by atoms with van der Waals surface area (Å²) >= 11 is 3.38. The Morgan fingerprint density at radius 3 is 2.75 bits per heavy atom. The first-order valence-electron chi connectivity index (χ1n) is 6.06. The van der Waals surface area contributed by atoms with Crippen LogP contribution in [0.5, 0.6) is 0 Å². The van der Waals surface area contributed by atoms with E-state index in [0.29, 0.717) is 0 Å². The minimum absolute atomic E-state index is 0.668. The lowest BCUT2D eigenvalue weighted by Crippen LogP contribution is -2.38. The van der Waals surface area contributed by atoms with E-state index < -0.39 is 30.4 Å². The second-order valence-corrected chi connectivity index (χ2v) is 5.27. The van der Waals surface area contributed by atoms with Crippen molar-refractivity contribution in [3.8, 4) is 0 Å². The van der Waals surface area contributed by atoms with E-state index in [0.717, 1.165) is 10.0 Å². The molecule has 0 bridgehead atoms. The molecule has 1 saturated heterocycles. The van der Waals surface area contributed by atoms with E-state index in [1.807, 2.05) is 24.3 Å². The van der Waals surface area contributed by atoms with Crippen molar-refractivity contribution in [2.24, 2.45) is 0 Å². The molecule has 108 valence electrons. The van der Waals surface area contributed by atoms with Crippen LogP contribution in [0.3, 0.4) is 0 Å². The maximum atomic E-state index is 11.4. The van der Waals surface area contributed by atoms with Crippen LogP contribution in [-0.2, 0) is 14.3 Å². The number of ether oxygens (including phenoxy) is 2. The van der Waals surface area contributed by atoms with Crippen LogP contribution in [-0.4, -0.2) is 47.7 Å². The molecule has 6 heteroatoms. The SMILES string of the molecule is CO[C@H]1C(=O)OC([C@H](O)C=Cc2ccccc2Br)C1O. The average molecular weight is 343 g/mol. The molecule has 20 heavy (non-hydrogen) atoms. The number of halogens is 1. The van der Waals surface area contributed by atoms with Crippen LogP contribution >= 0.6 is 15.9 Å². The van der Waals surface area contributed by atoms with E-state index in [9.17, 15) is 15.0 Å². The highest BCUT2D eigenvalue weighted by Crippen LogP contribution is 2.23. The van der Waals surface area contributed by atoms with Gasteiger partial charge in [0.05, 0.1) is 0 Å². The Hall–Kier alpha value is -1.21. The van der Waals surface area contributed by atoms with Gasteiger partial charge in [-0.05, 0) is 11.6 Å². The third kappa shape index (κ3) is 3.09. The Labute approximate surface area is 125 Å². The number of carbonyl (C=O) groups excluding carboxylic acids is 1. The molecule has 5 nitrogen and oxygen atoms in total. The van der Waals surface area contributed by atoms with Crippen molar-refractivity contribution in [3.63, 3.8) is 0 Å². The number of rotatable bonds is 4. The maximum Gasteiger partial charge on any atom is 0.338 e. The first-order chi connectivity index (χ1) is 9.54. The minimum Gasteiger partial charge on any atom is -0.454 e. The lowest BCUT2D eigenvalue weighted by Gasteiger charge is -2.17. The van der Waals surface area contributed by atoms with E-state index >= 15 is 0 Å². The predicted octanol–water partition coefficient (Wildman–Crippen LogP) is 1.12. The molecule has 1 heterocycles. The third-order valence-electron chi connectivity index (χ3n) is 3.10. The largest absolute Gasteiger partial charge is 0.454 e. The van der Waals surface area contributed by atoms with Crippen LogP contribution < -0.4 is 0 Å². The zero-order valence-corrected chi connectivity index (χ0v) is 12.4. The van der Waals surface area contributed by atoms with E-state index in [2.05, 4.69) is 15.9 Å². The summed E-state index contributed by atoms with van der Waals surface area (Å²) in [5.74, 6) is -0.668. The highest BCUT2D eigenvalue weighted by atomic mass is 79.9. The third-order valence-corrected chi connectivity index (χ3v) is 3.82. The average Bonchev–Trinajstić information content (AvgIpc) is 2.72. The lowest BCUT2D eigenvalue weighted by molar-refractivity contribution is -0.150. The molecular formula is C14H15BrO5. The Morgan fingerprint density at radius 2 is 2.15 bits per heavy atom. The van der Waals surface area contributed by atoms with Crippen LogP contribution in [0.1, 0.15) is 5.56 Å². The van der Waals surface area contributed by atoms with Gasteiger partial charge in [-0.3, -0.25) is 0 Å². The number of aliphatic hydroxyl groups is 2. The fourth-order valence-electron chi connectivity index (χ4n) is 2.01. The number of benzene rings is 1. The molecule has 4 atom stereocenters. The summed E-state index contributed by atoms with van der Waals surface area (Å²) < 4.78 is 10.6. The van der Waals surface area contributed by atoms with Crippen LogP contribution in [0.4, 0.5) is 0 Å². The van der Waals surface area contributed by atoms with Crippen LogP contribution in [0.15, 0.2) is 34.8 Å². The van der Waals surface area contributed by atoms with Crippen LogP contribution in [0.2, 0.25) is 0 Å².